The molecule has 0 spiro atoms. The highest BCUT2D eigenvalue weighted by Crippen LogP contribution is 2.08. The number of hydrogen-bond acceptors (Lipinski definition) is 0. The lowest BCUT2D eigenvalue weighted by Gasteiger charge is -2.01. The maximum atomic E-state index is 2.22. The van der Waals surface area contributed by atoms with Crippen molar-refractivity contribution in [2.24, 2.45) is 5.92 Å². The summed E-state index contributed by atoms with van der Waals surface area (Å²) < 4.78 is 0. The van der Waals surface area contributed by atoms with Gasteiger partial charge in [-0.05, 0) is 77.8 Å². The molecule has 0 atom stereocenters. The predicted molar refractivity (Wildman–Crippen MR) is 315 cm³/mol. The van der Waals surface area contributed by atoms with Gasteiger partial charge in [-0.15, -0.1) is 0 Å². The number of rotatable bonds is 10. The van der Waals surface area contributed by atoms with Crippen LogP contribution >= 0.6 is 0 Å². The lowest BCUT2D eigenvalue weighted by molar-refractivity contribution is 0.626. The Morgan fingerprint density at radius 1 is 0.227 bits per heavy atom. The maximum Gasteiger partial charge on any atom is -0.0238 e. The van der Waals surface area contributed by atoms with Crippen LogP contribution in [0.25, 0.3) is 0 Å². The van der Waals surface area contributed by atoms with Crippen molar-refractivity contribution in [3.05, 3.63) is 215 Å². The highest BCUT2D eigenvalue weighted by atomic mass is 14.0. The minimum Gasteiger partial charge on any atom is -0.0776 e. The second-order valence-corrected chi connectivity index (χ2v) is 12.2. The molecule has 0 radical (unpaired) electrons. The largest absolute Gasteiger partial charge is 0.0776 e. The molecule has 0 unspecified atom stereocenters. The Balaban J connectivity index is -0.000000104. The van der Waals surface area contributed by atoms with E-state index in [9.17, 15) is 0 Å². The van der Waals surface area contributed by atoms with Crippen molar-refractivity contribution in [3.63, 3.8) is 0 Å². The SMILES string of the molecule is C.CC.CC.CC.CC.CC.CC.CC.CC.CC.CCC(C)C.c1ccc(CCc2ccccc2)cc1.c1ccc(CCc2ccccc2)cc1.c1ccc(CCc2ccccc2)cc1. The molecular weight excluding hydrogens is 793 g/mol. The molecule has 0 bridgehead atoms. The summed E-state index contributed by atoms with van der Waals surface area (Å²) in [6.07, 6.45) is 8.08. The fraction of sp³-hybridized carbons (Fsp3) is 0.455. The Morgan fingerprint density at radius 3 is 0.394 bits per heavy atom. The van der Waals surface area contributed by atoms with Gasteiger partial charge in [-0.25, -0.2) is 0 Å². The summed E-state index contributed by atoms with van der Waals surface area (Å²) in [6.45, 7) is 42.6. The first kappa shape index (κ1) is 78.5. The highest BCUT2D eigenvalue weighted by Gasteiger charge is 1.95. The van der Waals surface area contributed by atoms with E-state index < -0.39 is 0 Å². The highest BCUT2D eigenvalue weighted by molar-refractivity contribution is 5.22. The second-order valence-electron chi connectivity index (χ2n) is 12.2. The van der Waals surface area contributed by atoms with Crippen LogP contribution in [0.5, 0.6) is 0 Å². The molecule has 0 aliphatic rings. The summed E-state index contributed by atoms with van der Waals surface area (Å²) in [5.41, 5.74) is 8.48. The number of benzene rings is 6. The summed E-state index contributed by atoms with van der Waals surface area (Å²) in [6, 6.07) is 63.7. The molecule has 376 valence electrons. The average Bonchev–Trinajstić information content (AvgIpc) is 3.44. The molecule has 0 heterocycles. The third-order valence-electron chi connectivity index (χ3n) is 7.98. The quantitative estimate of drug-likeness (QED) is 0.128. The minimum absolute atomic E-state index is 0. The zero-order chi connectivity index (χ0) is 51.2. The van der Waals surface area contributed by atoms with Crippen molar-refractivity contribution >= 4 is 0 Å². The molecule has 0 aromatic heterocycles. The third-order valence-corrected chi connectivity index (χ3v) is 7.98. The summed E-state index contributed by atoms with van der Waals surface area (Å²) >= 11 is 0. The molecule has 0 aliphatic heterocycles. The zero-order valence-electron chi connectivity index (χ0n) is 46.8. The van der Waals surface area contributed by atoms with Gasteiger partial charge in [0.1, 0.15) is 0 Å². The normalized spacial score (nSPS) is 7.91. The van der Waals surface area contributed by atoms with Crippen LogP contribution < -0.4 is 0 Å². The van der Waals surface area contributed by atoms with Gasteiger partial charge in [0.25, 0.3) is 0 Å². The average molecular weight is 906 g/mol. The van der Waals surface area contributed by atoms with Crippen LogP contribution in [-0.4, -0.2) is 0 Å². The third kappa shape index (κ3) is 55.5. The van der Waals surface area contributed by atoms with Gasteiger partial charge in [-0.3, -0.25) is 0 Å². The first-order chi connectivity index (χ1) is 32.1. The van der Waals surface area contributed by atoms with Gasteiger partial charge >= 0.3 is 0 Å². The Labute approximate surface area is 417 Å². The minimum atomic E-state index is 0. The molecule has 6 rings (SSSR count). The molecule has 0 saturated heterocycles. The van der Waals surface area contributed by atoms with Gasteiger partial charge in [0.2, 0.25) is 0 Å². The van der Waals surface area contributed by atoms with Gasteiger partial charge < -0.3 is 0 Å². The van der Waals surface area contributed by atoms with Gasteiger partial charge in [-0.1, -0.05) is 341 Å². The maximum absolute atomic E-state index is 2.22. The number of hydrogen-bond donors (Lipinski definition) is 0. The summed E-state index contributed by atoms with van der Waals surface area (Å²) in [5.74, 6) is 0.884. The smallest absolute Gasteiger partial charge is 0.0238 e. The van der Waals surface area contributed by atoms with Crippen molar-refractivity contribution in [1.29, 1.82) is 0 Å². The van der Waals surface area contributed by atoms with Crippen molar-refractivity contribution in [1.82, 2.24) is 0 Å². The van der Waals surface area contributed by atoms with E-state index >= 15 is 0 Å². The Kier molecular flexibility index (Phi) is 88.8. The first-order valence-electron chi connectivity index (χ1n) is 26.4. The van der Waals surface area contributed by atoms with E-state index in [0.717, 1.165) is 44.4 Å². The van der Waals surface area contributed by atoms with Crippen molar-refractivity contribution < 1.29 is 0 Å². The van der Waals surface area contributed by atoms with E-state index in [-0.39, 0.29) is 7.43 Å². The fourth-order valence-corrected chi connectivity index (χ4v) is 4.73. The Morgan fingerprint density at radius 2 is 0.318 bits per heavy atom. The Hall–Kier alpha value is -4.68. The number of aryl methyl sites for hydroxylation is 6. The van der Waals surface area contributed by atoms with Crippen LogP contribution in [0.3, 0.4) is 0 Å². The van der Waals surface area contributed by atoms with E-state index in [1.807, 2.05) is 125 Å². The van der Waals surface area contributed by atoms with Crippen LogP contribution in [0.2, 0.25) is 0 Å². The predicted octanol–water partition coefficient (Wildman–Crippen LogP) is 22.3. The standard InChI is InChI=1S/3C14H14.C5H12.9C2H6.CH4/c3*1-3-7-13(8-4-1)11-12-14-9-5-2-6-10-14;1-4-5(2)3;9*1-2;/h3*1-10H,11-12H2;5H,4H2,1-3H3;9*1-2H3;1H4. The van der Waals surface area contributed by atoms with Gasteiger partial charge in [0, 0.05) is 0 Å². The summed E-state index contributed by atoms with van der Waals surface area (Å²) in [7, 11) is 0. The summed E-state index contributed by atoms with van der Waals surface area (Å²) in [4.78, 5) is 0. The van der Waals surface area contributed by atoms with Gasteiger partial charge in [0.05, 0.1) is 0 Å². The van der Waals surface area contributed by atoms with Crippen LogP contribution in [0, 0.1) is 5.92 Å². The molecule has 0 fully saturated rings. The molecular formula is C66H112. The molecule has 6 aromatic carbocycles. The van der Waals surface area contributed by atoms with E-state index in [2.05, 4.69) is 203 Å². The second kappa shape index (κ2) is 74.7. The van der Waals surface area contributed by atoms with Crippen LogP contribution in [0.15, 0.2) is 182 Å². The van der Waals surface area contributed by atoms with Crippen molar-refractivity contribution in [3.8, 4) is 0 Å². The zero-order valence-corrected chi connectivity index (χ0v) is 46.8. The van der Waals surface area contributed by atoms with E-state index in [1.165, 1.54) is 39.8 Å². The van der Waals surface area contributed by atoms with E-state index in [4.69, 9.17) is 0 Å². The van der Waals surface area contributed by atoms with E-state index in [0.29, 0.717) is 0 Å². The van der Waals surface area contributed by atoms with Gasteiger partial charge in [-0.2, -0.15) is 0 Å². The molecule has 0 heteroatoms. The van der Waals surface area contributed by atoms with Crippen LogP contribution in [0.1, 0.15) is 193 Å². The molecule has 0 amide bonds. The van der Waals surface area contributed by atoms with Crippen LogP contribution in [-0.2, 0) is 38.5 Å². The summed E-state index contributed by atoms with van der Waals surface area (Å²) in [5, 5.41) is 0. The molecule has 0 saturated carbocycles. The molecule has 0 nitrogen and oxygen atoms in total. The Bertz CT molecular complexity index is 1220. The molecule has 6 aromatic rings. The topological polar surface area (TPSA) is 0 Å². The van der Waals surface area contributed by atoms with E-state index in [1.54, 1.807) is 0 Å². The van der Waals surface area contributed by atoms with Gasteiger partial charge in [0.15, 0.2) is 0 Å². The molecule has 0 aliphatic carbocycles. The lowest BCUT2D eigenvalue weighted by atomic mass is 10.0. The van der Waals surface area contributed by atoms with Crippen molar-refractivity contribution in [2.75, 3.05) is 0 Å². The molecule has 66 heavy (non-hydrogen) atoms. The van der Waals surface area contributed by atoms with Crippen LogP contribution in [0.4, 0.5) is 0 Å². The fourth-order valence-electron chi connectivity index (χ4n) is 4.73. The lowest BCUT2D eigenvalue weighted by Crippen LogP contribution is -1.89. The molecule has 0 N–H and O–H groups in total. The first-order valence-corrected chi connectivity index (χ1v) is 26.4. The monoisotopic (exact) mass is 905 g/mol. The van der Waals surface area contributed by atoms with Crippen molar-refractivity contribution in [2.45, 2.75) is 198 Å².